The van der Waals surface area contributed by atoms with Crippen LogP contribution in [-0.4, -0.2) is 9.55 Å². The smallest absolute Gasteiger partial charge is 0.267 e. The van der Waals surface area contributed by atoms with Gasteiger partial charge >= 0.3 is 0 Å². The first-order valence-corrected chi connectivity index (χ1v) is 7.73. The van der Waals surface area contributed by atoms with Crippen molar-refractivity contribution in [3.05, 3.63) is 82.0 Å². The third kappa shape index (κ3) is 2.03. The second kappa shape index (κ2) is 5.27. The summed E-state index contributed by atoms with van der Waals surface area (Å²) >= 11 is 0. The van der Waals surface area contributed by atoms with Crippen molar-refractivity contribution < 1.29 is 4.39 Å². The van der Waals surface area contributed by atoms with Crippen LogP contribution in [0, 0.1) is 19.7 Å². The molecule has 0 aliphatic heterocycles. The number of hydrogen-bond acceptors (Lipinski definition) is 2. The van der Waals surface area contributed by atoms with Crippen LogP contribution in [0.5, 0.6) is 0 Å². The lowest BCUT2D eigenvalue weighted by Gasteiger charge is -2.15. The van der Waals surface area contributed by atoms with Gasteiger partial charge in [-0.1, -0.05) is 24.3 Å². The highest BCUT2D eigenvalue weighted by Crippen LogP contribution is 2.29. The van der Waals surface area contributed by atoms with E-state index in [0.29, 0.717) is 11.2 Å². The van der Waals surface area contributed by atoms with Crippen LogP contribution in [0.2, 0.25) is 0 Å². The second-order valence-corrected chi connectivity index (χ2v) is 5.97. The summed E-state index contributed by atoms with van der Waals surface area (Å²) in [6.07, 6.45) is 1.63. The van der Waals surface area contributed by atoms with Gasteiger partial charge in [-0.15, -0.1) is 0 Å². The number of fused-ring (bicyclic) bond motifs is 3. The fourth-order valence-corrected chi connectivity index (χ4v) is 3.36. The molecule has 0 amide bonds. The number of rotatable bonds is 1. The van der Waals surface area contributed by atoms with Gasteiger partial charge in [-0.2, -0.15) is 0 Å². The van der Waals surface area contributed by atoms with Crippen molar-refractivity contribution in [2.75, 3.05) is 0 Å². The van der Waals surface area contributed by atoms with Gasteiger partial charge in [0.05, 0.1) is 10.9 Å². The molecule has 0 spiro atoms. The number of aromatic nitrogens is 2. The molecular formula is C20H15FN2O. The number of aryl methyl sites for hydroxylation is 2. The predicted molar refractivity (Wildman–Crippen MR) is 94.3 cm³/mol. The summed E-state index contributed by atoms with van der Waals surface area (Å²) in [5, 5.41) is 1.61. The Morgan fingerprint density at radius 3 is 2.58 bits per heavy atom. The maximum absolute atomic E-state index is 14.4. The third-order valence-electron chi connectivity index (χ3n) is 4.28. The molecule has 0 bridgehead atoms. The standard InChI is InChI=1S/C20H15FN2O/c1-12-10-13(2)18-14-6-5-7-15(21)19(14)20(24)23(16(18)11-12)17-8-3-4-9-22-17/h3-11H,1-2H3. The lowest BCUT2D eigenvalue weighted by molar-refractivity contribution is 0.638. The largest absolute Gasteiger partial charge is 0.268 e. The van der Waals surface area contributed by atoms with E-state index in [1.807, 2.05) is 32.0 Å². The van der Waals surface area contributed by atoms with E-state index in [9.17, 15) is 9.18 Å². The van der Waals surface area contributed by atoms with Gasteiger partial charge in [0.15, 0.2) is 0 Å². The van der Waals surface area contributed by atoms with Crippen molar-refractivity contribution in [3.8, 4) is 5.82 Å². The Bertz CT molecular complexity index is 1150. The molecule has 0 saturated carbocycles. The van der Waals surface area contributed by atoms with Gasteiger partial charge in [-0.3, -0.25) is 9.36 Å². The SMILES string of the molecule is Cc1cc(C)c2c3cccc(F)c3c(=O)n(-c3ccccn3)c2c1. The van der Waals surface area contributed by atoms with Gasteiger partial charge in [-0.25, -0.2) is 9.37 Å². The molecule has 2 heterocycles. The van der Waals surface area contributed by atoms with Gasteiger partial charge < -0.3 is 0 Å². The summed E-state index contributed by atoms with van der Waals surface area (Å²) in [5.74, 6) is -0.0216. The molecule has 24 heavy (non-hydrogen) atoms. The number of halogens is 1. The maximum atomic E-state index is 14.4. The maximum Gasteiger partial charge on any atom is 0.267 e. The average Bonchev–Trinajstić information content (AvgIpc) is 2.55. The van der Waals surface area contributed by atoms with Crippen LogP contribution in [0.15, 0.2) is 59.5 Å². The Hall–Kier alpha value is -3.01. The molecule has 2 aromatic carbocycles. The molecule has 0 saturated heterocycles. The highest BCUT2D eigenvalue weighted by Gasteiger charge is 2.17. The lowest BCUT2D eigenvalue weighted by atomic mass is 9.99. The number of hydrogen-bond donors (Lipinski definition) is 0. The van der Waals surface area contributed by atoms with Gasteiger partial charge in [0.2, 0.25) is 0 Å². The molecular weight excluding hydrogens is 303 g/mol. The summed E-state index contributed by atoms with van der Waals surface area (Å²) < 4.78 is 15.9. The molecule has 4 aromatic rings. The van der Waals surface area contributed by atoms with Crippen molar-refractivity contribution in [2.45, 2.75) is 13.8 Å². The highest BCUT2D eigenvalue weighted by atomic mass is 19.1. The van der Waals surface area contributed by atoms with Crippen LogP contribution in [0.1, 0.15) is 11.1 Å². The van der Waals surface area contributed by atoms with Gasteiger partial charge in [0.1, 0.15) is 11.6 Å². The Kier molecular flexibility index (Phi) is 3.20. The molecule has 0 fully saturated rings. The monoisotopic (exact) mass is 318 g/mol. The summed E-state index contributed by atoms with van der Waals surface area (Å²) in [5.41, 5.74) is 2.40. The second-order valence-electron chi connectivity index (χ2n) is 5.97. The first-order valence-electron chi connectivity index (χ1n) is 7.73. The zero-order chi connectivity index (χ0) is 16.8. The molecule has 0 N–H and O–H groups in total. The van der Waals surface area contributed by atoms with E-state index in [-0.39, 0.29) is 10.9 Å². The summed E-state index contributed by atoms with van der Waals surface area (Å²) in [4.78, 5) is 17.4. The van der Waals surface area contributed by atoms with Crippen LogP contribution >= 0.6 is 0 Å². The van der Waals surface area contributed by atoms with Crippen molar-refractivity contribution >= 4 is 21.7 Å². The fraction of sp³-hybridized carbons (Fsp3) is 0.100. The van der Waals surface area contributed by atoms with Gasteiger partial charge in [-0.05, 0) is 54.6 Å². The Morgan fingerprint density at radius 2 is 1.83 bits per heavy atom. The lowest BCUT2D eigenvalue weighted by Crippen LogP contribution is -2.21. The van der Waals surface area contributed by atoms with Crippen LogP contribution in [0.25, 0.3) is 27.5 Å². The predicted octanol–water partition coefficient (Wildman–Crippen LogP) is 4.29. The molecule has 0 aliphatic carbocycles. The fourth-order valence-electron chi connectivity index (χ4n) is 3.36. The third-order valence-corrected chi connectivity index (χ3v) is 4.28. The van der Waals surface area contributed by atoms with E-state index in [2.05, 4.69) is 4.98 Å². The minimum absolute atomic E-state index is 0.0996. The first kappa shape index (κ1) is 14.6. The van der Waals surface area contributed by atoms with Gasteiger partial charge in [0, 0.05) is 11.6 Å². The first-order chi connectivity index (χ1) is 11.6. The Morgan fingerprint density at radius 1 is 1.00 bits per heavy atom. The van der Waals surface area contributed by atoms with Crippen LogP contribution in [-0.2, 0) is 0 Å². The average molecular weight is 318 g/mol. The molecule has 0 radical (unpaired) electrons. The molecule has 3 nitrogen and oxygen atoms in total. The number of nitrogens with zero attached hydrogens (tertiary/aromatic N) is 2. The molecule has 0 atom stereocenters. The van der Waals surface area contributed by atoms with E-state index >= 15 is 0 Å². The molecule has 0 unspecified atom stereocenters. The normalized spacial score (nSPS) is 11.3. The minimum atomic E-state index is -0.510. The number of pyridine rings is 2. The van der Waals surface area contributed by atoms with Gasteiger partial charge in [0.25, 0.3) is 5.56 Å². The van der Waals surface area contributed by atoms with Crippen molar-refractivity contribution in [2.24, 2.45) is 0 Å². The van der Waals surface area contributed by atoms with Crippen molar-refractivity contribution in [1.82, 2.24) is 9.55 Å². The van der Waals surface area contributed by atoms with Crippen LogP contribution < -0.4 is 5.56 Å². The summed E-state index contributed by atoms with van der Waals surface area (Å²) in [6, 6.07) is 14.1. The van der Waals surface area contributed by atoms with E-state index in [1.54, 1.807) is 30.5 Å². The van der Waals surface area contributed by atoms with Crippen molar-refractivity contribution in [3.63, 3.8) is 0 Å². The quantitative estimate of drug-likeness (QED) is 0.491. The molecule has 0 aliphatic rings. The highest BCUT2D eigenvalue weighted by molar-refractivity contribution is 6.08. The molecule has 118 valence electrons. The topological polar surface area (TPSA) is 34.9 Å². The van der Waals surface area contributed by atoms with Crippen LogP contribution in [0.3, 0.4) is 0 Å². The van der Waals surface area contributed by atoms with E-state index in [1.165, 1.54) is 10.6 Å². The van der Waals surface area contributed by atoms with E-state index < -0.39 is 5.82 Å². The Balaban J connectivity index is 2.36. The minimum Gasteiger partial charge on any atom is -0.268 e. The zero-order valence-electron chi connectivity index (χ0n) is 13.4. The Labute approximate surface area is 138 Å². The molecule has 4 rings (SSSR count). The zero-order valence-corrected chi connectivity index (χ0v) is 13.4. The van der Waals surface area contributed by atoms with Crippen LogP contribution in [0.4, 0.5) is 4.39 Å². The molecule has 2 aromatic heterocycles. The molecule has 4 heteroatoms. The summed E-state index contributed by atoms with van der Waals surface area (Å²) in [6.45, 7) is 3.96. The number of benzene rings is 2. The van der Waals surface area contributed by atoms with E-state index in [4.69, 9.17) is 0 Å². The van der Waals surface area contributed by atoms with E-state index in [0.717, 1.165) is 22.0 Å². The summed E-state index contributed by atoms with van der Waals surface area (Å²) in [7, 11) is 0. The van der Waals surface area contributed by atoms with Crippen molar-refractivity contribution in [1.29, 1.82) is 0 Å².